The second kappa shape index (κ2) is 14.5. The fraction of sp³-hybridized carbons (Fsp3) is 0.385. The maximum Gasteiger partial charge on any atom is 0.168 e. The molecule has 3 aromatic rings. The summed E-state index contributed by atoms with van der Waals surface area (Å²) in [6, 6.07) is 11.6. The fourth-order valence-electron chi connectivity index (χ4n) is 3.18. The summed E-state index contributed by atoms with van der Waals surface area (Å²) in [5, 5.41) is 1.01. The van der Waals surface area contributed by atoms with E-state index in [4.69, 9.17) is 13.9 Å². The van der Waals surface area contributed by atoms with Crippen LogP contribution in [0.15, 0.2) is 55.8 Å². The first kappa shape index (κ1) is 27.5. The summed E-state index contributed by atoms with van der Waals surface area (Å²) in [5.74, 6) is 1.26. The average Bonchev–Trinajstić information content (AvgIpc) is 3.29. The number of hydrogen-bond donors (Lipinski definition) is 0. The van der Waals surface area contributed by atoms with Crippen molar-refractivity contribution < 1.29 is 18.1 Å². The van der Waals surface area contributed by atoms with E-state index in [1.807, 2.05) is 48.7 Å². The Hall–Kier alpha value is -1.70. The molecule has 0 amide bonds. The highest BCUT2D eigenvalue weighted by Crippen LogP contribution is 2.35. The number of ether oxygens (including phenoxy) is 2. The van der Waals surface area contributed by atoms with Gasteiger partial charge in [-0.3, -0.25) is 4.21 Å². The van der Waals surface area contributed by atoms with Crippen molar-refractivity contribution in [3.05, 3.63) is 62.5 Å². The van der Waals surface area contributed by atoms with Crippen molar-refractivity contribution in [3.8, 4) is 11.5 Å². The number of unbranched alkanes of at least 4 members (excludes halogenated alkanes) is 3. The second-order valence-electron chi connectivity index (χ2n) is 7.41. The van der Waals surface area contributed by atoms with Crippen LogP contribution in [0, 0.1) is 0 Å². The molecule has 3 rings (SSSR count). The van der Waals surface area contributed by atoms with Crippen LogP contribution in [0.5, 0.6) is 11.5 Å². The van der Waals surface area contributed by atoms with Crippen molar-refractivity contribution in [2.45, 2.75) is 46.1 Å². The molecular formula is C26H33BrO4S2. The topological polar surface area (TPSA) is 48.7 Å². The predicted octanol–water partition coefficient (Wildman–Crippen LogP) is 8.41. The van der Waals surface area contributed by atoms with Gasteiger partial charge in [-0.05, 0) is 58.1 Å². The van der Waals surface area contributed by atoms with E-state index in [9.17, 15) is 4.21 Å². The van der Waals surface area contributed by atoms with E-state index < -0.39 is 10.8 Å². The zero-order chi connectivity index (χ0) is 24.2. The van der Waals surface area contributed by atoms with Crippen LogP contribution in [0.1, 0.15) is 50.7 Å². The lowest BCUT2D eigenvalue weighted by Gasteiger charge is -2.14. The van der Waals surface area contributed by atoms with Crippen molar-refractivity contribution in [3.63, 3.8) is 0 Å². The van der Waals surface area contributed by atoms with Gasteiger partial charge in [-0.2, -0.15) is 0 Å². The van der Waals surface area contributed by atoms with Gasteiger partial charge in [0, 0.05) is 17.2 Å². The Kier molecular flexibility index (Phi) is 12.1. The first-order valence-electron chi connectivity index (χ1n) is 11.0. The molecule has 0 saturated carbocycles. The Morgan fingerprint density at radius 2 is 1.91 bits per heavy atom. The van der Waals surface area contributed by atoms with Gasteiger partial charge in [0.15, 0.2) is 11.5 Å². The van der Waals surface area contributed by atoms with Crippen LogP contribution in [-0.2, 0) is 17.4 Å². The molecule has 1 atom stereocenters. The minimum atomic E-state index is -1.06. The minimum Gasteiger partial charge on any atom is -0.493 e. The molecule has 2 aromatic carbocycles. The van der Waals surface area contributed by atoms with Crippen molar-refractivity contribution in [2.24, 2.45) is 0 Å². The lowest BCUT2D eigenvalue weighted by atomic mass is 10.1. The first-order chi connectivity index (χ1) is 15.9. The van der Waals surface area contributed by atoms with Gasteiger partial charge in [0.25, 0.3) is 0 Å². The van der Waals surface area contributed by atoms with Crippen LogP contribution in [0.3, 0.4) is 0 Å². The third kappa shape index (κ3) is 8.23. The van der Waals surface area contributed by atoms with Crippen molar-refractivity contribution in [1.82, 2.24) is 0 Å². The Bertz CT molecular complexity index is 1070. The predicted molar refractivity (Wildman–Crippen MR) is 147 cm³/mol. The molecule has 0 N–H and O–H groups in total. The summed E-state index contributed by atoms with van der Waals surface area (Å²) in [7, 11) is 0.545. The molecule has 0 spiro atoms. The van der Waals surface area contributed by atoms with E-state index in [-0.39, 0.29) is 0 Å². The third-order valence-electron chi connectivity index (χ3n) is 4.89. The van der Waals surface area contributed by atoms with Gasteiger partial charge in [0.05, 0.1) is 32.9 Å². The molecule has 0 bridgehead atoms. The SMILES string of the molecule is CCCCCC.COc1cccc(/C=C(\SC)S(C)=O)c1OCc1cc(Br)c2occc2c1. The van der Waals surface area contributed by atoms with Gasteiger partial charge in [-0.25, -0.2) is 0 Å². The molecule has 0 aliphatic rings. The smallest absolute Gasteiger partial charge is 0.168 e. The number of furan rings is 1. The highest BCUT2D eigenvalue weighted by molar-refractivity contribution is 9.10. The van der Waals surface area contributed by atoms with Crippen LogP contribution in [-0.4, -0.2) is 23.8 Å². The summed E-state index contributed by atoms with van der Waals surface area (Å²) >= 11 is 5.00. The molecule has 1 unspecified atom stereocenters. The number of para-hydroxylation sites is 1. The molecule has 180 valence electrons. The normalized spacial score (nSPS) is 12.2. The van der Waals surface area contributed by atoms with Gasteiger partial charge < -0.3 is 13.9 Å². The van der Waals surface area contributed by atoms with Crippen LogP contribution >= 0.6 is 27.7 Å². The third-order valence-corrected chi connectivity index (χ3v) is 7.89. The highest BCUT2D eigenvalue weighted by atomic mass is 79.9. The molecular weight excluding hydrogens is 520 g/mol. The number of fused-ring (bicyclic) bond motifs is 1. The molecule has 0 aliphatic carbocycles. The average molecular weight is 554 g/mol. The van der Waals surface area contributed by atoms with E-state index in [2.05, 4.69) is 29.8 Å². The fourth-order valence-corrected chi connectivity index (χ4v) is 5.28. The van der Waals surface area contributed by atoms with Gasteiger partial charge in [0.2, 0.25) is 0 Å². The standard InChI is InChI=1S/C20H19BrO4S2.C6H14/c1-23-17-6-4-5-14(11-18(26-2)27(3)22)20(17)25-12-13-9-15-7-8-24-19(15)16(21)10-13;1-3-5-6-4-2/h4-11H,12H2,1-3H3;3-6H2,1-2H3/b18-11+;. The zero-order valence-corrected chi connectivity index (χ0v) is 23.2. The first-order valence-corrected chi connectivity index (χ1v) is 14.6. The Morgan fingerprint density at radius 1 is 1.18 bits per heavy atom. The summed E-state index contributed by atoms with van der Waals surface area (Å²) < 4.78 is 30.6. The van der Waals surface area contributed by atoms with Crippen molar-refractivity contribution in [1.29, 1.82) is 0 Å². The summed E-state index contributed by atoms with van der Waals surface area (Å²) in [6.07, 6.45) is 12.7. The molecule has 7 heteroatoms. The van der Waals surface area contributed by atoms with Crippen LogP contribution in [0.4, 0.5) is 0 Å². The Morgan fingerprint density at radius 3 is 2.52 bits per heavy atom. The monoisotopic (exact) mass is 552 g/mol. The quantitative estimate of drug-likeness (QED) is 0.236. The number of benzene rings is 2. The molecule has 1 aromatic heterocycles. The Balaban J connectivity index is 0.000000569. The maximum absolute atomic E-state index is 11.9. The number of rotatable bonds is 10. The van der Waals surface area contributed by atoms with E-state index in [0.717, 1.165) is 30.8 Å². The van der Waals surface area contributed by atoms with E-state index in [1.54, 1.807) is 19.6 Å². The minimum absolute atomic E-state index is 0.366. The van der Waals surface area contributed by atoms with Gasteiger partial charge in [-0.1, -0.05) is 51.7 Å². The molecule has 4 nitrogen and oxygen atoms in total. The number of hydrogen-bond acceptors (Lipinski definition) is 5. The molecule has 1 heterocycles. The van der Waals surface area contributed by atoms with E-state index in [1.165, 1.54) is 37.4 Å². The highest BCUT2D eigenvalue weighted by Gasteiger charge is 2.13. The largest absolute Gasteiger partial charge is 0.493 e. The van der Waals surface area contributed by atoms with Gasteiger partial charge in [-0.15, -0.1) is 11.8 Å². The maximum atomic E-state index is 11.9. The van der Waals surface area contributed by atoms with Crippen LogP contribution < -0.4 is 9.47 Å². The van der Waals surface area contributed by atoms with Crippen LogP contribution in [0.25, 0.3) is 17.0 Å². The molecule has 0 fully saturated rings. The molecule has 33 heavy (non-hydrogen) atoms. The van der Waals surface area contributed by atoms with Crippen molar-refractivity contribution in [2.75, 3.05) is 19.6 Å². The van der Waals surface area contributed by atoms with Crippen LogP contribution in [0.2, 0.25) is 0 Å². The zero-order valence-electron chi connectivity index (χ0n) is 20.0. The van der Waals surface area contributed by atoms with E-state index >= 15 is 0 Å². The number of halogens is 1. The van der Waals surface area contributed by atoms with Gasteiger partial charge >= 0.3 is 0 Å². The molecule has 0 saturated heterocycles. The molecule has 0 radical (unpaired) electrons. The molecule has 0 aliphatic heterocycles. The second-order valence-corrected chi connectivity index (χ2v) is 10.7. The van der Waals surface area contributed by atoms with Gasteiger partial charge in [0.1, 0.15) is 12.2 Å². The summed E-state index contributed by atoms with van der Waals surface area (Å²) in [4.78, 5) is 0. The Labute approximate surface area is 212 Å². The van der Waals surface area contributed by atoms with Crippen molar-refractivity contribution >= 4 is 55.5 Å². The number of methoxy groups -OCH3 is 1. The lowest BCUT2D eigenvalue weighted by molar-refractivity contribution is 0.284. The summed E-state index contributed by atoms with van der Waals surface area (Å²) in [6.45, 7) is 4.83. The van der Waals surface area contributed by atoms with E-state index in [0.29, 0.717) is 18.1 Å². The number of thioether (sulfide) groups is 1. The summed E-state index contributed by atoms with van der Waals surface area (Å²) in [5.41, 5.74) is 2.65. The lowest BCUT2D eigenvalue weighted by Crippen LogP contribution is -2.00.